The molecule has 7 rings (SSSR count). The molecule has 14 N–H and O–H groups in total. The number of hydrogen-bond donors (Lipinski definition) is 12. The Hall–Kier alpha value is -10.5. The first-order valence-corrected chi connectivity index (χ1v) is 22.4. The molecule has 0 spiro atoms. The number of rotatable bonds is 20. The van der Waals surface area contributed by atoms with Crippen molar-refractivity contribution in [3.05, 3.63) is 108 Å². The quantitative estimate of drug-likeness (QED) is 0.0357. The number of halogens is 1. The first kappa shape index (κ1) is 55.8. The van der Waals surface area contributed by atoms with E-state index in [2.05, 4.69) is 72.4 Å². The van der Waals surface area contributed by atoms with Crippen LogP contribution in [0.25, 0.3) is 0 Å². The number of nitrogens with zero attached hydrogens (tertiary/aromatic N) is 12. The number of nitrogens with two attached hydrogens (primary N) is 2. The maximum atomic E-state index is 13.3. The third-order valence-electron chi connectivity index (χ3n) is 10.7. The highest BCUT2D eigenvalue weighted by Crippen LogP contribution is 2.18. The predicted octanol–water partition coefficient (Wildman–Crippen LogP) is 0.135. The standard InChI is InChI=1S/C44H50N24O8.ClH/c1-63-17-27(51-31(63)39(71)49-13-11-23(45)46)59-43(75)35-55-29(19-67(35)5)61-41(73)33-53-25(15-65(33)3)57-37(69)21-7-9-22(10-8-21)38(70)58-26-16-66(4)34(54-26)42(74)62-30-20-68(6)36(56-30)44(76)60-28-18-64(2)32(52-28)40(72)50-14-12-24(47)48;/h7-10,15-20H,11-14H2,1-6H3,(H3,45,46)(H3,47,48)(H,49,71)(H,50,72)(H,57,69)(H,58,70)(H,59,75)(H,60,76)(H,61,73)(H,62,74);1H. The van der Waals surface area contributed by atoms with Gasteiger partial charge in [0.25, 0.3) is 47.3 Å². The molecule has 0 bridgehead atoms. The Bertz CT molecular complexity index is 3260. The molecule has 77 heavy (non-hydrogen) atoms. The van der Waals surface area contributed by atoms with Crippen LogP contribution in [-0.2, 0) is 42.3 Å². The van der Waals surface area contributed by atoms with Crippen LogP contribution in [0, 0.1) is 10.8 Å². The number of nitrogens with one attached hydrogen (secondary N) is 10. The van der Waals surface area contributed by atoms with Crippen LogP contribution in [0.15, 0.2) is 61.4 Å². The average Bonchev–Trinajstić information content (AvgIpc) is 4.22. The van der Waals surface area contributed by atoms with Crippen molar-refractivity contribution >= 4 is 106 Å². The lowest BCUT2D eigenvalue weighted by Gasteiger charge is -2.05. The van der Waals surface area contributed by atoms with Crippen LogP contribution in [0.2, 0.25) is 0 Å². The summed E-state index contributed by atoms with van der Waals surface area (Å²) in [4.78, 5) is 129. The zero-order chi connectivity index (χ0) is 55.1. The van der Waals surface area contributed by atoms with Gasteiger partial charge in [-0.3, -0.25) is 49.2 Å². The number of imidazole rings is 6. The molecule has 0 fully saturated rings. The fourth-order valence-corrected chi connectivity index (χ4v) is 7.04. The summed E-state index contributed by atoms with van der Waals surface area (Å²) in [5.41, 5.74) is 10.9. The first-order chi connectivity index (χ1) is 36.0. The van der Waals surface area contributed by atoms with E-state index in [0.29, 0.717) is 0 Å². The van der Waals surface area contributed by atoms with Crippen molar-refractivity contribution in [1.29, 1.82) is 10.8 Å². The van der Waals surface area contributed by atoms with E-state index >= 15 is 0 Å². The normalized spacial score (nSPS) is 10.7. The van der Waals surface area contributed by atoms with Crippen LogP contribution in [-0.4, -0.2) is 129 Å². The van der Waals surface area contributed by atoms with E-state index in [9.17, 15) is 38.4 Å². The minimum atomic E-state index is -0.717. The molecule has 0 radical (unpaired) electrons. The van der Waals surface area contributed by atoms with Gasteiger partial charge in [0.2, 0.25) is 34.9 Å². The van der Waals surface area contributed by atoms with Gasteiger partial charge in [0.05, 0.1) is 11.7 Å². The van der Waals surface area contributed by atoms with Gasteiger partial charge in [0.15, 0.2) is 34.9 Å². The van der Waals surface area contributed by atoms with Crippen molar-refractivity contribution in [2.24, 2.45) is 53.8 Å². The lowest BCUT2D eigenvalue weighted by Crippen LogP contribution is -2.29. The molecule has 33 heteroatoms. The predicted molar refractivity (Wildman–Crippen MR) is 278 cm³/mol. The van der Waals surface area contributed by atoms with E-state index in [4.69, 9.17) is 22.3 Å². The number of amides is 8. The van der Waals surface area contributed by atoms with Gasteiger partial charge in [-0.2, -0.15) is 0 Å². The first-order valence-electron chi connectivity index (χ1n) is 22.4. The molecule has 0 atom stereocenters. The van der Waals surface area contributed by atoms with Crippen LogP contribution in [0.3, 0.4) is 0 Å². The van der Waals surface area contributed by atoms with Crippen molar-refractivity contribution in [1.82, 2.24) is 67.9 Å². The minimum absolute atomic E-state index is 0. The zero-order valence-electron chi connectivity index (χ0n) is 41.8. The maximum absolute atomic E-state index is 13.3. The third kappa shape index (κ3) is 13.6. The van der Waals surface area contributed by atoms with E-state index in [-0.39, 0.29) is 131 Å². The monoisotopic (exact) mass is 1080 g/mol. The fourth-order valence-electron chi connectivity index (χ4n) is 7.04. The summed E-state index contributed by atoms with van der Waals surface area (Å²) in [5, 5.41) is 35.2. The highest BCUT2D eigenvalue weighted by Gasteiger charge is 2.24. The number of hydrogen-bond acceptors (Lipinski definition) is 16. The Kier molecular flexibility index (Phi) is 17.1. The van der Waals surface area contributed by atoms with Gasteiger partial charge in [0, 0.05) is 117 Å². The molecule has 6 aromatic heterocycles. The molecule has 6 heterocycles. The maximum Gasteiger partial charge on any atom is 0.292 e. The summed E-state index contributed by atoms with van der Waals surface area (Å²) in [5.74, 6) is -5.56. The van der Waals surface area contributed by atoms with Gasteiger partial charge in [0.1, 0.15) is 0 Å². The lowest BCUT2D eigenvalue weighted by atomic mass is 10.1. The lowest BCUT2D eigenvalue weighted by molar-refractivity contribution is 0.0933. The highest BCUT2D eigenvalue weighted by atomic mass is 35.5. The molecule has 32 nitrogen and oxygen atoms in total. The molecule has 0 saturated carbocycles. The summed E-state index contributed by atoms with van der Waals surface area (Å²) >= 11 is 0. The molecule has 0 aliphatic heterocycles. The second-order valence-corrected chi connectivity index (χ2v) is 16.7. The van der Waals surface area contributed by atoms with Gasteiger partial charge < -0.3 is 81.4 Å². The molecule has 0 aliphatic rings. The van der Waals surface area contributed by atoms with E-state index in [0.717, 1.165) is 0 Å². The van der Waals surface area contributed by atoms with Crippen LogP contribution in [0.5, 0.6) is 0 Å². The summed E-state index contributed by atoms with van der Waals surface area (Å²) in [6, 6.07) is 5.57. The van der Waals surface area contributed by atoms with Gasteiger partial charge in [-0.05, 0) is 24.3 Å². The van der Waals surface area contributed by atoms with Crippen LogP contribution < -0.4 is 54.0 Å². The third-order valence-corrected chi connectivity index (χ3v) is 10.7. The summed E-state index contributed by atoms with van der Waals surface area (Å²) < 4.78 is 8.26. The molecule has 402 valence electrons. The van der Waals surface area contributed by atoms with Crippen molar-refractivity contribution < 1.29 is 38.4 Å². The Morgan fingerprint density at radius 2 is 0.571 bits per heavy atom. The molecule has 0 saturated heterocycles. The number of aromatic nitrogens is 12. The van der Waals surface area contributed by atoms with Crippen molar-refractivity contribution in [3.63, 3.8) is 0 Å². The molecular weight excluding hydrogens is 1030 g/mol. The Balaban J connectivity index is 0.00000961. The second kappa shape index (κ2) is 23.6. The van der Waals surface area contributed by atoms with Gasteiger partial charge in [-0.1, -0.05) is 0 Å². The highest BCUT2D eigenvalue weighted by molar-refractivity contribution is 6.09. The van der Waals surface area contributed by atoms with Crippen LogP contribution >= 0.6 is 12.4 Å². The topological polar surface area (TPSA) is 439 Å². The molecule has 1 aromatic carbocycles. The van der Waals surface area contributed by atoms with Crippen LogP contribution in [0.4, 0.5) is 34.9 Å². The minimum Gasteiger partial charge on any atom is -0.388 e. The largest absolute Gasteiger partial charge is 0.388 e. The Morgan fingerprint density at radius 3 is 0.779 bits per heavy atom. The molecule has 7 aromatic rings. The fraction of sp³-hybridized carbons (Fsp3) is 0.227. The van der Waals surface area contributed by atoms with Crippen LogP contribution in [0.1, 0.15) is 97.3 Å². The number of aryl methyl sites for hydroxylation is 6. The molecule has 0 unspecified atom stereocenters. The summed E-state index contributed by atoms with van der Waals surface area (Å²) in [6.45, 7) is 0.260. The van der Waals surface area contributed by atoms with E-state index in [1.54, 1.807) is 14.1 Å². The SMILES string of the molecule is Cl.Cn1cc(NC(=O)c2nc(NC(=O)c3nc(NC(=O)c4ccc(C(=O)Nc5cn(C)c(C(=O)Nc6cn(C)c(C(=O)Nc7cn(C)c(C(=O)NCCC(=N)N)n7)n6)n5)cc4)cn3C)cn2C)nc1C(=O)NCCC(=N)N. The van der Waals surface area contributed by atoms with E-state index in [1.165, 1.54) is 117 Å². The molecule has 0 aliphatic carbocycles. The number of benzene rings is 1. The smallest absolute Gasteiger partial charge is 0.292 e. The molecular formula is C44H51ClN24O8. The number of amidine groups is 2. The second-order valence-electron chi connectivity index (χ2n) is 16.7. The van der Waals surface area contributed by atoms with Crippen molar-refractivity contribution in [2.45, 2.75) is 12.8 Å². The van der Waals surface area contributed by atoms with Gasteiger partial charge >= 0.3 is 0 Å². The van der Waals surface area contributed by atoms with Gasteiger partial charge in [-0.15, -0.1) is 12.4 Å². The average molecular weight is 1080 g/mol. The summed E-state index contributed by atoms with van der Waals surface area (Å²) in [7, 11) is 9.23. The van der Waals surface area contributed by atoms with E-state index in [1.807, 2.05) is 0 Å². The Labute approximate surface area is 441 Å². The summed E-state index contributed by atoms with van der Waals surface area (Å²) in [6.07, 6.45) is 8.75. The van der Waals surface area contributed by atoms with E-state index < -0.39 is 47.3 Å². The Morgan fingerprint density at radius 1 is 0.377 bits per heavy atom. The molecule has 8 amide bonds. The number of carbonyl (C=O) groups excluding carboxylic acids is 8. The van der Waals surface area contributed by atoms with Gasteiger partial charge in [-0.25, -0.2) is 29.9 Å². The number of carbonyl (C=O) groups is 8. The zero-order valence-corrected chi connectivity index (χ0v) is 42.6. The van der Waals surface area contributed by atoms with Crippen molar-refractivity contribution in [2.75, 3.05) is 45.0 Å². The number of anilines is 6. The van der Waals surface area contributed by atoms with Crippen molar-refractivity contribution in [3.8, 4) is 0 Å².